The second kappa shape index (κ2) is 5.73. The van der Waals surface area contributed by atoms with Gasteiger partial charge in [-0.2, -0.15) is 5.26 Å². The number of carbonyl (C=O) groups excluding carboxylic acids is 1. The van der Waals surface area contributed by atoms with E-state index < -0.39 is 15.4 Å². The molecule has 0 unspecified atom stereocenters. The maximum absolute atomic E-state index is 12.1. The minimum Gasteiger partial charge on any atom is -0.298 e. The van der Waals surface area contributed by atoms with E-state index in [0.717, 1.165) is 0 Å². The van der Waals surface area contributed by atoms with Gasteiger partial charge in [0.1, 0.15) is 0 Å². The molecule has 0 heterocycles. The van der Waals surface area contributed by atoms with Gasteiger partial charge < -0.3 is 0 Å². The average molecular weight is 294 g/mol. The summed E-state index contributed by atoms with van der Waals surface area (Å²) in [5.41, 5.74) is 0.273. The molecule has 0 amide bonds. The van der Waals surface area contributed by atoms with Gasteiger partial charge in [0.2, 0.25) is 10.0 Å². The molecular weight excluding hydrogens is 276 g/mol. The molecule has 1 aromatic carbocycles. The maximum Gasteiger partial charge on any atom is 0.241 e. The van der Waals surface area contributed by atoms with Crippen molar-refractivity contribution in [1.82, 2.24) is 4.72 Å². The van der Waals surface area contributed by atoms with Crippen LogP contribution in [0.4, 0.5) is 0 Å². The fourth-order valence-corrected chi connectivity index (χ4v) is 2.73. The van der Waals surface area contributed by atoms with Crippen LogP contribution < -0.4 is 4.72 Å². The first-order chi connectivity index (χ1) is 9.08. The molecule has 0 aromatic heterocycles. The predicted octanol–water partition coefficient (Wildman–Crippen LogP) is 1.76. The minimum atomic E-state index is -3.75. The van der Waals surface area contributed by atoms with Gasteiger partial charge in [-0.3, -0.25) is 4.79 Å². The Morgan fingerprint density at radius 2 is 1.95 bits per heavy atom. The highest BCUT2D eigenvalue weighted by atomic mass is 32.2. The molecule has 0 spiro atoms. The largest absolute Gasteiger partial charge is 0.298 e. The van der Waals surface area contributed by atoms with Gasteiger partial charge in [-0.05, 0) is 30.7 Å². The van der Waals surface area contributed by atoms with E-state index in [4.69, 9.17) is 5.26 Å². The van der Waals surface area contributed by atoms with E-state index in [9.17, 15) is 13.2 Å². The normalized spacial score (nSPS) is 11.9. The zero-order valence-electron chi connectivity index (χ0n) is 12.0. The number of nitrogens with zero attached hydrogens (tertiary/aromatic N) is 1. The zero-order valence-corrected chi connectivity index (χ0v) is 12.8. The Morgan fingerprint density at radius 1 is 1.35 bits per heavy atom. The summed E-state index contributed by atoms with van der Waals surface area (Å²) >= 11 is 0. The maximum atomic E-state index is 12.1. The Hall–Kier alpha value is -1.71. The van der Waals surface area contributed by atoms with Crippen LogP contribution in [0.15, 0.2) is 23.1 Å². The number of ketones is 1. The average Bonchev–Trinajstić information content (AvgIpc) is 2.34. The topological polar surface area (TPSA) is 87.0 Å². The van der Waals surface area contributed by atoms with Crippen molar-refractivity contribution in [3.63, 3.8) is 0 Å². The van der Waals surface area contributed by atoms with E-state index in [1.165, 1.54) is 18.2 Å². The number of nitriles is 1. The van der Waals surface area contributed by atoms with E-state index in [2.05, 4.69) is 4.72 Å². The molecule has 0 bridgehead atoms. The van der Waals surface area contributed by atoms with Crippen LogP contribution in [0, 0.1) is 23.7 Å². The summed E-state index contributed by atoms with van der Waals surface area (Å²) in [4.78, 5) is 11.8. The number of carbonyl (C=O) groups is 1. The van der Waals surface area contributed by atoms with Gasteiger partial charge in [0.15, 0.2) is 5.78 Å². The van der Waals surface area contributed by atoms with E-state index in [0.29, 0.717) is 11.1 Å². The standard InChI is InChI=1S/C14H18N2O3S/c1-10-7-11(8-15)5-6-12(10)20(18,19)16-9-13(17)14(2,3)4/h5-7,16H,9H2,1-4H3. The second-order valence-electron chi connectivity index (χ2n) is 5.59. The van der Waals surface area contributed by atoms with Crippen LogP contribution in [-0.2, 0) is 14.8 Å². The summed E-state index contributed by atoms with van der Waals surface area (Å²) in [5, 5.41) is 8.76. The first kappa shape index (κ1) is 16.3. The van der Waals surface area contributed by atoms with E-state index in [-0.39, 0.29) is 17.2 Å². The van der Waals surface area contributed by atoms with E-state index in [1.807, 2.05) is 6.07 Å². The summed E-state index contributed by atoms with van der Waals surface area (Å²) < 4.78 is 26.6. The first-order valence-electron chi connectivity index (χ1n) is 6.11. The molecule has 5 nitrogen and oxygen atoms in total. The summed E-state index contributed by atoms with van der Waals surface area (Å²) in [6.07, 6.45) is 0. The van der Waals surface area contributed by atoms with Gasteiger partial charge in [-0.25, -0.2) is 13.1 Å². The molecule has 108 valence electrons. The van der Waals surface area contributed by atoms with Crippen LogP contribution >= 0.6 is 0 Å². The summed E-state index contributed by atoms with van der Waals surface area (Å²) in [5.74, 6) is -0.188. The molecule has 0 aliphatic heterocycles. The number of nitrogens with one attached hydrogen (secondary N) is 1. The van der Waals surface area contributed by atoms with Crippen LogP contribution in [0.25, 0.3) is 0 Å². The highest BCUT2D eigenvalue weighted by Crippen LogP contribution is 2.17. The molecule has 1 aromatic rings. The van der Waals surface area contributed by atoms with Crippen LogP contribution in [0.3, 0.4) is 0 Å². The molecule has 0 saturated heterocycles. The molecule has 0 fully saturated rings. The second-order valence-corrected chi connectivity index (χ2v) is 7.33. The SMILES string of the molecule is Cc1cc(C#N)ccc1S(=O)(=O)NCC(=O)C(C)(C)C. The monoisotopic (exact) mass is 294 g/mol. The Kier molecular flexibility index (Phi) is 4.69. The Bertz CT molecular complexity index is 665. The van der Waals surface area contributed by atoms with Gasteiger partial charge in [-0.15, -0.1) is 0 Å². The van der Waals surface area contributed by atoms with Crippen molar-refractivity contribution in [1.29, 1.82) is 5.26 Å². The van der Waals surface area contributed by atoms with Crippen molar-refractivity contribution in [3.8, 4) is 6.07 Å². The zero-order chi connectivity index (χ0) is 15.6. The Balaban J connectivity index is 2.96. The molecule has 1 rings (SSSR count). The lowest BCUT2D eigenvalue weighted by atomic mass is 9.91. The van der Waals surface area contributed by atoms with Gasteiger partial charge in [0.25, 0.3) is 0 Å². The summed E-state index contributed by atoms with van der Waals surface area (Å²) in [6.45, 7) is 6.57. The van der Waals surface area contributed by atoms with Gasteiger partial charge in [0.05, 0.1) is 23.1 Å². The predicted molar refractivity (Wildman–Crippen MR) is 75.5 cm³/mol. The minimum absolute atomic E-state index is 0.0817. The fraction of sp³-hybridized carbons (Fsp3) is 0.429. The number of hydrogen-bond acceptors (Lipinski definition) is 4. The highest BCUT2D eigenvalue weighted by molar-refractivity contribution is 7.89. The van der Waals surface area contributed by atoms with Crippen molar-refractivity contribution in [2.75, 3.05) is 6.54 Å². The lowest BCUT2D eigenvalue weighted by Gasteiger charge is -2.17. The van der Waals surface area contributed by atoms with E-state index in [1.54, 1.807) is 27.7 Å². The quantitative estimate of drug-likeness (QED) is 0.916. The van der Waals surface area contributed by atoms with Gasteiger partial charge in [0, 0.05) is 5.41 Å². The fourth-order valence-electron chi connectivity index (χ4n) is 1.52. The lowest BCUT2D eigenvalue weighted by Crippen LogP contribution is -2.35. The third kappa shape index (κ3) is 3.89. The van der Waals surface area contributed by atoms with Crippen molar-refractivity contribution >= 4 is 15.8 Å². The number of aryl methyl sites for hydroxylation is 1. The molecule has 0 radical (unpaired) electrons. The number of rotatable bonds is 4. The third-order valence-corrected chi connectivity index (χ3v) is 4.41. The molecule has 0 aliphatic carbocycles. The molecule has 0 atom stereocenters. The Morgan fingerprint density at radius 3 is 2.40 bits per heavy atom. The number of sulfonamides is 1. The molecule has 1 N–H and O–H groups in total. The molecule has 6 heteroatoms. The Labute approximate surface area is 119 Å². The van der Waals surface area contributed by atoms with Crippen molar-refractivity contribution in [2.24, 2.45) is 5.41 Å². The van der Waals surface area contributed by atoms with Crippen molar-refractivity contribution in [2.45, 2.75) is 32.6 Å². The molecule has 20 heavy (non-hydrogen) atoms. The van der Waals surface area contributed by atoms with Crippen LogP contribution in [-0.4, -0.2) is 20.7 Å². The number of benzene rings is 1. The molecular formula is C14H18N2O3S. The summed E-state index contributed by atoms with van der Waals surface area (Å²) in [6, 6.07) is 6.26. The third-order valence-electron chi connectivity index (χ3n) is 2.85. The first-order valence-corrected chi connectivity index (χ1v) is 7.60. The molecule has 0 saturated carbocycles. The van der Waals surface area contributed by atoms with Crippen LogP contribution in [0.5, 0.6) is 0 Å². The van der Waals surface area contributed by atoms with Crippen LogP contribution in [0.1, 0.15) is 31.9 Å². The smallest absolute Gasteiger partial charge is 0.241 e. The summed E-state index contributed by atoms with van der Waals surface area (Å²) in [7, 11) is -3.75. The van der Waals surface area contributed by atoms with E-state index >= 15 is 0 Å². The van der Waals surface area contributed by atoms with Crippen molar-refractivity contribution in [3.05, 3.63) is 29.3 Å². The van der Waals surface area contributed by atoms with Gasteiger partial charge in [-0.1, -0.05) is 20.8 Å². The highest BCUT2D eigenvalue weighted by Gasteiger charge is 2.24. The van der Waals surface area contributed by atoms with Gasteiger partial charge >= 0.3 is 0 Å². The number of hydrogen-bond donors (Lipinski definition) is 1. The van der Waals surface area contributed by atoms with Crippen molar-refractivity contribution < 1.29 is 13.2 Å². The van der Waals surface area contributed by atoms with Crippen LogP contribution in [0.2, 0.25) is 0 Å². The molecule has 0 aliphatic rings. The number of Topliss-reactive ketones (excluding diaryl/α,β-unsaturated/α-hetero) is 1. The lowest BCUT2D eigenvalue weighted by molar-refractivity contribution is -0.125.